The third kappa shape index (κ3) is 4.31. The molecule has 0 bridgehead atoms. The number of hydrogen-bond acceptors (Lipinski definition) is 7. The monoisotopic (exact) mass is 408 g/mol. The number of esters is 2. The number of ether oxygens (including phenoxy) is 2. The standard InChI is InChI=1S/C22H32O7/c1-8-13(2)19(25)27-18-9-10-21(6)12-16(24)15(20(4,5)29-26)11-17(21)22(18,7)28-14(3)23/h8,11,17-18,26H,9-10,12H2,1-7H3. The highest BCUT2D eigenvalue weighted by Gasteiger charge is 2.59. The second kappa shape index (κ2) is 8.03. The summed E-state index contributed by atoms with van der Waals surface area (Å²) in [7, 11) is 0. The molecule has 4 unspecified atom stereocenters. The average molecular weight is 408 g/mol. The van der Waals surface area contributed by atoms with E-state index in [1.807, 2.05) is 6.92 Å². The number of hydrogen-bond donors (Lipinski definition) is 1. The third-order valence-electron chi connectivity index (χ3n) is 6.43. The zero-order valence-electron chi connectivity index (χ0n) is 18.3. The van der Waals surface area contributed by atoms with Crippen molar-refractivity contribution in [2.75, 3.05) is 0 Å². The van der Waals surface area contributed by atoms with Gasteiger partial charge in [-0.25, -0.2) is 9.68 Å². The van der Waals surface area contributed by atoms with Crippen LogP contribution in [0.1, 0.15) is 67.7 Å². The van der Waals surface area contributed by atoms with Crippen LogP contribution in [0.5, 0.6) is 0 Å². The first-order valence-electron chi connectivity index (χ1n) is 9.92. The van der Waals surface area contributed by atoms with Gasteiger partial charge in [0.25, 0.3) is 0 Å². The maximum absolute atomic E-state index is 12.8. The van der Waals surface area contributed by atoms with Crippen LogP contribution in [0.25, 0.3) is 0 Å². The van der Waals surface area contributed by atoms with Gasteiger partial charge >= 0.3 is 11.9 Å². The summed E-state index contributed by atoms with van der Waals surface area (Å²) in [6.07, 6.45) is 4.04. The van der Waals surface area contributed by atoms with E-state index in [2.05, 4.69) is 4.89 Å². The van der Waals surface area contributed by atoms with Crippen LogP contribution < -0.4 is 0 Å². The van der Waals surface area contributed by atoms with Crippen molar-refractivity contribution >= 4 is 17.7 Å². The van der Waals surface area contributed by atoms with Crippen molar-refractivity contribution in [3.05, 3.63) is 23.3 Å². The fourth-order valence-electron chi connectivity index (χ4n) is 4.62. The number of Topliss-reactive ketones (excluding diaryl/α,β-unsaturated/α-hetero) is 1. The molecular weight excluding hydrogens is 376 g/mol. The van der Waals surface area contributed by atoms with Gasteiger partial charge in [0.1, 0.15) is 11.7 Å². The SMILES string of the molecule is CC=C(C)C(=O)OC1CCC2(C)CC(=O)C(C(C)(C)OO)=CC2C1(C)OC(C)=O. The lowest BCUT2D eigenvalue weighted by atomic mass is 9.54. The molecule has 29 heavy (non-hydrogen) atoms. The van der Waals surface area contributed by atoms with Crippen LogP contribution in [-0.4, -0.2) is 40.3 Å². The molecule has 0 spiro atoms. The van der Waals surface area contributed by atoms with Crippen LogP contribution in [0, 0.1) is 11.3 Å². The maximum Gasteiger partial charge on any atom is 0.333 e. The highest BCUT2D eigenvalue weighted by Crippen LogP contribution is 2.55. The quantitative estimate of drug-likeness (QED) is 0.320. The van der Waals surface area contributed by atoms with Gasteiger partial charge < -0.3 is 9.47 Å². The average Bonchev–Trinajstić information content (AvgIpc) is 2.62. The fraction of sp³-hybridized carbons (Fsp3) is 0.682. The molecule has 7 nitrogen and oxygen atoms in total. The first kappa shape index (κ1) is 23.3. The third-order valence-corrected chi connectivity index (χ3v) is 6.43. The van der Waals surface area contributed by atoms with Crippen LogP contribution >= 0.6 is 0 Å². The highest BCUT2D eigenvalue weighted by molar-refractivity contribution is 5.98. The summed E-state index contributed by atoms with van der Waals surface area (Å²) in [4.78, 5) is 41.8. The maximum atomic E-state index is 12.8. The Morgan fingerprint density at radius 2 is 1.90 bits per heavy atom. The topological polar surface area (TPSA) is 99.1 Å². The molecule has 1 saturated carbocycles. The minimum atomic E-state index is -1.21. The normalized spacial score (nSPS) is 32.9. The van der Waals surface area contributed by atoms with Crippen LogP contribution in [0.15, 0.2) is 23.3 Å². The molecule has 0 aromatic heterocycles. The number of carbonyl (C=O) groups is 3. The number of fused-ring (bicyclic) bond motifs is 1. The smallest absolute Gasteiger partial charge is 0.333 e. The molecule has 0 heterocycles. The zero-order chi connectivity index (χ0) is 22.2. The lowest BCUT2D eigenvalue weighted by Gasteiger charge is -2.55. The van der Waals surface area contributed by atoms with Gasteiger partial charge in [0.2, 0.25) is 0 Å². The predicted molar refractivity (Wildman–Crippen MR) is 106 cm³/mol. The summed E-state index contributed by atoms with van der Waals surface area (Å²) >= 11 is 0. The Balaban J connectivity index is 2.56. The van der Waals surface area contributed by atoms with E-state index in [9.17, 15) is 19.6 Å². The Bertz CT molecular complexity index is 763. The van der Waals surface area contributed by atoms with Gasteiger partial charge in [-0.3, -0.25) is 14.8 Å². The van der Waals surface area contributed by atoms with Crippen molar-refractivity contribution in [3.8, 4) is 0 Å². The Hall–Kier alpha value is -1.99. The highest BCUT2D eigenvalue weighted by atomic mass is 17.1. The van der Waals surface area contributed by atoms with Crippen LogP contribution in [0.4, 0.5) is 0 Å². The Morgan fingerprint density at radius 1 is 1.28 bits per heavy atom. The minimum Gasteiger partial charge on any atom is -0.455 e. The van der Waals surface area contributed by atoms with E-state index in [0.717, 1.165) is 0 Å². The molecule has 162 valence electrons. The van der Waals surface area contributed by atoms with E-state index < -0.39 is 40.6 Å². The summed E-state index contributed by atoms with van der Waals surface area (Å²) < 4.78 is 11.5. The second-order valence-corrected chi connectivity index (χ2v) is 9.10. The van der Waals surface area contributed by atoms with Gasteiger partial charge in [0.05, 0.1) is 0 Å². The molecule has 0 aromatic carbocycles. The summed E-state index contributed by atoms with van der Waals surface area (Å²) in [5, 5.41) is 9.30. The molecule has 2 rings (SSSR count). The molecule has 1 fully saturated rings. The minimum absolute atomic E-state index is 0.117. The van der Waals surface area contributed by atoms with Gasteiger partial charge in [0.15, 0.2) is 11.4 Å². The van der Waals surface area contributed by atoms with Crippen molar-refractivity contribution in [2.24, 2.45) is 11.3 Å². The molecule has 0 radical (unpaired) electrons. The van der Waals surface area contributed by atoms with E-state index in [0.29, 0.717) is 24.0 Å². The molecule has 1 N–H and O–H groups in total. The van der Waals surface area contributed by atoms with Crippen LogP contribution in [0.2, 0.25) is 0 Å². The van der Waals surface area contributed by atoms with Gasteiger partial charge in [-0.15, -0.1) is 0 Å². The number of carbonyl (C=O) groups excluding carboxylic acids is 3. The molecular formula is C22H32O7. The van der Waals surface area contributed by atoms with Crippen molar-refractivity contribution in [1.82, 2.24) is 0 Å². The molecule has 0 aromatic rings. The van der Waals surface area contributed by atoms with E-state index >= 15 is 0 Å². The van der Waals surface area contributed by atoms with E-state index in [4.69, 9.17) is 9.47 Å². The van der Waals surface area contributed by atoms with E-state index in [-0.39, 0.29) is 12.2 Å². The molecule has 2 aliphatic rings. The van der Waals surface area contributed by atoms with Gasteiger partial charge in [-0.2, -0.15) is 0 Å². The van der Waals surface area contributed by atoms with Crippen molar-refractivity contribution < 1.29 is 34.0 Å². The lowest BCUT2D eigenvalue weighted by molar-refractivity contribution is -0.300. The van der Waals surface area contributed by atoms with Gasteiger partial charge in [0, 0.05) is 30.4 Å². The van der Waals surface area contributed by atoms with Crippen LogP contribution in [-0.2, 0) is 28.7 Å². The Morgan fingerprint density at radius 3 is 2.41 bits per heavy atom. The molecule has 2 aliphatic carbocycles. The molecule has 0 aliphatic heterocycles. The first-order valence-corrected chi connectivity index (χ1v) is 9.92. The fourth-order valence-corrected chi connectivity index (χ4v) is 4.62. The van der Waals surface area contributed by atoms with Crippen LogP contribution in [0.3, 0.4) is 0 Å². The molecule has 4 atom stereocenters. The van der Waals surface area contributed by atoms with E-state index in [1.165, 1.54) is 6.92 Å². The largest absolute Gasteiger partial charge is 0.455 e. The number of ketones is 1. The van der Waals surface area contributed by atoms with Gasteiger partial charge in [-0.05, 0) is 52.9 Å². The number of rotatable bonds is 5. The summed E-state index contributed by atoms with van der Waals surface area (Å²) in [6, 6.07) is 0. The second-order valence-electron chi connectivity index (χ2n) is 9.10. The van der Waals surface area contributed by atoms with Crippen molar-refractivity contribution in [1.29, 1.82) is 0 Å². The predicted octanol–water partition coefficient (Wildman–Crippen LogP) is 3.77. The first-order chi connectivity index (χ1) is 13.3. The Kier molecular flexibility index (Phi) is 6.45. The number of allylic oxidation sites excluding steroid dienone is 1. The summed E-state index contributed by atoms with van der Waals surface area (Å²) in [5.41, 5.74) is -2.07. The van der Waals surface area contributed by atoms with Gasteiger partial charge in [-0.1, -0.05) is 19.1 Å². The van der Waals surface area contributed by atoms with Crippen molar-refractivity contribution in [3.63, 3.8) is 0 Å². The molecule has 7 heteroatoms. The summed E-state index contributed by atoms with van der Waals surface area (Å²) in [6.45, 7) is 11.6. The molecule has 0 saturated heterocycles. The van der Waals surface area contributed by atoms with Crippen molar-refractivity contribution in [2.45, 2.75) is 85.0 Å². The zero-order valence-corrected chi connectivity index (χ0v) is 18.3. The lowest BCUT2D eigenvalue weighted by Crippen LogP contribution is -2.61. The Labute approximate surface area is 172 Å². The molecule has 0 amide bonds. The van der Waals surface area contributed by atoms with E-state index in [1.54, 1.807) is 46.8 Å². The summed E-state index contributed by atoms with van der Waals surface area (Å²) in [5.74, 6) is -1.48.